The van der Waals surface area contributed by atoms with Crippen LogP contribution in [0.15, 0.2) is 30.6 Å². The number of nitrogens with zero attached hydrogens (tertiary/aromatic N) is 3. The van der Waals surface area contributed by atoms with Gasteiger partial charge in [0.15, 0.2) is 0 Å². The van der Waals surface area contributed by atoms with Crippen LogP contribution in [0.4, 0.5) is 0 Å². The van der Waals surface area contributed by atoms with Crippen molar-refractivity contribution in [1.82, 2.24) is 14.8 Å². The van der Waals surface area contributed by atoms with Gasteiger partial charge in [-0.05, 0) is 16.5 Å². The van der Waals surface area contributed by atoms with E-state index in [9.17, 15) is 0 Å². The van der Waals surface area contributed by atoms with Crippen LogP contribution in [0.3, 0.4) is 0 Å². The normalized spacial score (nSPS) is 11.5. The molecule has 0 saturated carbocycles. The van der Waals surface area contributed by atoms with E-state index < -0.39 is 0 Å². The summed E-state index contributed by atoms with van der Waals surface area (Å²) >= 11 is 4.84. The van der Waals surface area contributed by atoms with Gasteiger partial charge in [0.25, 0.3) is 0 Å². The molecule has 0 radical (unpaired) electrons. The summed E-state index contributed by atoms with van der Waals surface area (Å²) in [5.74, 6) is 0.418. The number of rotatable bonds is 3. The number of hydrogen-bond acceptors (Lipinski definition) is 3. The van der Waals surface area contributed by atoms with Crippen molar-refractivity contribution in [3.63, 3.8) is 0 Å². The van der Waals surface area contributed by atoms with Gasteiger partial charge in [0.1, 0.15) is 11.3 Å². The van der Waals surface area contributed by atoms with Crippen LogP contribution in [0, 0.1) is 0 Å². The van der Waals surface area contributed by atoms with Gasteiger partial charge < -0.3 is 5.73 Å². The maximum absolute atomic E-state index is 5.48. The SMILES string of the molecule is CC(C)(C)c1ccc(Cn2cnc(C(N)=S)n2)cc1. The van der Waals surface area contributed by atoms with Crippen LogP contribution in [-0.2, 0) is 12.0 Å². The third-order valence-corrected chi connectivity index (χ3v) is 3.10. The molecule has 19 heavy (non-hydrogen) atoms. The van der Waals surface area contributed by atoms with E-state index in [1.54, 1.807) is 11.0 Å². The lowest BCUT2D eigenvalue weighted by molar-refractivity contribution is 0.589. The predicted molar refractivity (Wildman–Crippen MR) is 80.2 cm³/mol. The number of aromatic nitrogens is 3. The van der Waals surface area contributed by atoms with Crippen LogP contribution in [0.25, 0.3) is 0 Å². The van der Waals surface area contributed by atoms with E-state index in [2.05, 4.69) is 55.1 Å². The number of thiocarbonyl (C=S) groups is 1. The molecule has 1 aromatic heterocycles. The van der Waals surface area contributed by atoms with Gasteiger partial charge in [0.05, 0.1) is 6.54 Å². The smallest absolute Gasteiger partial charge is 0.208 e. The lowest BCUT2D eigenvalue weighted by Gasteiger charge is -2.19. The summed E-state index contributed by atoms with van der Waals surface area (Å²) in [7, 11) is 0. The van der Waals surface area contributed by atoms with Crippen molar-refractivity contribution >= 4 is 17.2 Å². The fourth-order valence-electron chi connectivity index (χ4n) is 1.78. The van der Waals surface area contributed by atoms with Gasteiger partial charge in [-0.3, -0.25) is 0 Å². The molecule has 100 valence electrons. The summed E-state index contributed by atoms with van der Waals surface area (Å²) in [5, 5.41) is 4.22. The quantitative estimate of drug-likeness (QED) is 0.872. The Labute approximate surface area is 118 Å². The summed E-state index contributed by atoms with van der Waals surface area (Å²) in [5.41, 5.74) is 8.14. The van der Waals surface area contributed by atoms with Crippen molar-refractivity contribution in [2.45, 2.75) is 32.7 Å². The molecule has 0 fully saturated rings. The predicted octanol–water partition coefficient (Wildman–Crippen LogP) is 2.26. The molecular formula is C14H18N4S. The minimum Gasteiger partial charge on any atom is -0.387 e. The van der Waals surface area contributed by atoms with E-state index in [1.165, 1.54) is 11.1 Å². The molecule has 2 aromatic rings. The van der Waals surface area contributed by atoms with Crippen LogP contribution in [0.2, 0.25) is 0 Å². The molecule has 1 heterocycles. The Hall–Kier alpha value is -1.75. The highest BCUT2D eigenvalue weighted by Crippen LogP contribution is 2.22. The molecule has 0 aliphatic rings. The molecule has 5 heteroatoms. The first-order valence-corrected chi connectivity index (χ1v) is 6.56. The van der Waals surface area contributed by atoms with Crippen molar-refractivity contribution in [3.05, 3.63) is 47.5 Å². The second kappa shape index (κ2) is 5.09. The van der Waals surface area contributed by atoms with Crippen LogP contribution in [0.5, 0.6) is 0 Å². The number of hydrogen-bond donors (Lipinski definition) is 1. The highest BCUT2D eigenvalue weighted by atomic mass is 32.1. The van der Waals surface area contributed by atoms with Crippen LogP contribution in [-0.4, -0.2) is 19.8 Å². The second-order valence-electron chi connectivity index (χ2n) is 5.58. The van der Waals surface area contributed by atoms with Crippen molar-refractivity contribution in [1.29, 1.82) is 0 Å². The van der Waals surface area contributed by atoms with E-state index in [1.807, 2.05) is 0 Å². The Morgan fingerprint density at radius 2 is 1.89 bits per heavy atom. The summed E-state index contributed by atoms with van der Waals surface area (Å²) in [6.45, 7) is 7.27. The molecule has 0 amide bonds. The van der Waals surface area contributed by atoms with E-state index in [-0.39, 0.29) is 10.4 Å². The summed E-state index contributed by atoms with van der Waals surface area (Å²) < 4.78 is 1.74. The standard InChI is InChI=1S/C14H18N4S/c1-14(2,3)11-6-4-10(5-7-11)8-18-9-16-13(17-18)12(15)19/h4-7,9H,8H2,1-3H3,(H2,15,19). The van der Waals surface area contributed by atoms with E-state index >= 15 is 0 Å². The average Bonchev–Trinajstić information content (AvgIpc) is 2.77. The first kappa shape index (κ1) is 13.7. The lowest BCUT2D eigenvalue weighted by atomic mass is 9.87. The molecule has 2 rings (SSSR count). The average molecular weight is 274 g/mol. The van der Waals surface area contributed by atoms with Gasteiger partial charge in [-0.2, -0.15) is 0 Å². The van der Waals surface area contributed by atoms with E-state index in [0.717, 1.165) is 0 Å². The van der Waals surface area contributed by atoms with Crippen LogP contribution >= 0.6 is 12.2 Å². The molecule has 4 nitrogen and oxygen atoms in total. The Morgan fingerprint density at radius 1 is 1.26 bits per heavy atom. The molecule has 0 atom stereocenters. The van der Waals surface area contributed by atoms with Crippen molar-refractivity contribution in [2.24, 2.45) is 5.73 Å². The van der Waals surface area contributed by atoms with Gasteiger partial charge in [-0.15, -0.1) is 5.10 Å². The molecule has 0 unspecified atom stereocenters. The molecule has 0 aliphatic heterocycles. The molecule has 2 N–H and O–H groups in total. The highest BCUT2D eigenvalue weighted by Gasteiger charge is 2.13. The Morgan fingerprint density at radius 3 is 2.37 bits per heavy atom. The van der Waals surface area contributed by atoms with Crippen molar-refractivity contribution in [2.75, 3.05) is 0 Å². The maximum atomic E-state index is 5.48. The Balaban J connectivity index is 2.13. The largest absolute Gasteiger partial charge is 0.387 e. The minimum atomic E-state index is 0.171. The fourth-order valence-corrected chi connectivity index (χ4v) is 1.87. The monoisotopic (exact) mass is 274 g/mol. The van der Waals surface area contributed by atoms with Gasteiger partial charge in [0.2, 0.25) is 5.82 Å². The lowest BCUT2D eigenvalue weighted by Crippen LogP contribution is -2.13. The van der Waals surface area contributed by atoms with Gasteiger partial charge >= 0.3 is 0 Å². The van der Waals surface area contributed by atoms with Crippen molar-refractivity contribution in [3.8, 4) is 0 Å². The van der Waals surface area contributed by atoms with Crippen molar-refractivity contribution < 1.29 is 0 Å². The maximum Gasteiger partial charge on any atom is 0.208 e. The molecular weight excluding hydrogens is 256 g/mol. The summed E-state index contributed by atoms with van der Waals surface area (Å²) in [4.78, 5) is 4.28. The zero-order valence-corrected chi connectivity index (χ0v) is 12.2. The number of nitrogens with two attached hydrogens (primary N) is 1. The molecule has 0 spiro atoms. The number of benzene rings is 1. The second-order valence-corrected chi connectivity index (χ2v) is 6.02. The zero-order chi connectivity index (χ0) is 14.0. The first-order valence-electron chi connectivity index (χ1n) is 6.15. The van der Waals surface area contributed by atoms with Crippen LogP contribution in [0.1, 0.15) is 37.7 Å². The first-order chi connectivity index (χ1) is 8.86. The van der Waals surface area contributed by atoms with E-state index in [0.29, 0.717) is 12.4 Å². The third-order valence-electron chi connectivity index (χ3n) is 2.92. The Bertz CT molecular complexity index is 578. The van der Waals surface area contributed by atoms with E-state index in [4.69, 9.17) is 18.0 Å². The third kappa shape index (κ3) is 3.38. The molecule has 0 saturated heterocycles. The molecule has 0 bridgehead atoms. The summed E-state index contributed by atoms with van der Waals surface area (Å²) in [6.07, 6.45) is 1.65. The van der Waals surface area contributed by atoms with Gasteiger partial charge in [-0.25, -0.2) is 9.67 Å². The topological polar surface area (TPSA) is 56.7 Å². The molecule has 1 aromatic carbocycles. The molecule has 0 aliphatic carbocycles. The van der Waals surface area contributed by atoms with Crippen LogP contribution < -0.4 is 5.73 Å². The van der Waals surface area contributed by atoms with Gasteiger partial charge in [-0.1, -0.05) is 57.3 Å². The zero-order valence-electron chi connectivity index (χ0n) is 11.4. The summed E-state index contributed by atoms with van der Waals surface area (Å²) in [6, 6.07) is 8.53. The fraction of sp³-hybridized carbons (Fsp3) is 0.357. The Kier molecular flexibility index (Phi) is 3.66. The highest BCUT2D eigenvalue weighted by molar-refractivity contribution is 7.80. The van der Waals surface area contributed by atoms with Gasteiger partial charge in [0, 0.05) is 0 Å². The minimum absolute atomic E-state index is 0.171.